The van der Waals surface area contributed by atoms with Gasteiger partial charge in [0.2, 0.25) is 5.91 Å². The molecule has 0 aromatic carbocycles. The SMILES string of the molecule is CC(C)CNC(=O)[C@@]1(C)CC[C@]2(C)CC[C@@]3(C)[C@]4(C)CC[C@H]5C(C)(C)C(=O)C(C#N)=C[C@]5(C)C4=CC(=O)[C@]3(O)[C@@H]2C1. The van der Waals surface area contributed by atoms with E-state index in [1.807, 2.05) is 26.8 Å². The van der Waals surface area contributed by atoms with Crippen molar-refractivity contribution >= 4 is 17.5 Å². The van der Waals surface area contributed by atoms with Crippen molar-refractivity contribution in [2.75, 3.05) is 6.54 Å². The maximum Gasteiger partial charge on any atom is 0.225 e. The highest BCUT2D eigenvalue weighted by molar-refractivity contribution is 6.05. The maximum absolute atomic E-state index is 14.6. The van der Waals surface area contributed by atoms with E-state index in [1.54, 1.807) is 6.08 Å². The van der Waals surface area contributed by atoms with E-state index >= 15 is 0 Å². The lowest BCUT2D eigenvalue weighted by molar-refractivity contribution is -0.242. The molecule has 5 aliphatic rings. The normalized spacial score (nSPS) is 46.7. The standard InChI is InChI=1S/C35H50N2O4/c1-21(2)20-37-28(40)31(6)13-12-30(5)14-15-34(9)33(8)11-10-23-29(3,4)27(39)22(19-36)17-32(23,7)24(33)16-26(38)35(34,41)25(30)18-31/h16-17,21,23,25,41H,10-15,18,20H2,1-9H3,(H,37,40)/t23-,25+,30+,31-,32-,33+,34-,35+/m0/s1. The van der Waals surface area contributed by atoms with E-state index < -0.39 is 32.7 Å². The Bertz CT molecular complexity index is 1320. The number of carbonyl (C=O) groups excluding carboxylic acids is 3. The first-order chi connectivity index (χ1) is 18.8. The van der Waals surface area contributed by atoms with Crippen LogP contribution in [0.2, 0.25) is 0 Å². The molecule has 41 heavy (non-hydrogen) atoms. The second-order valence-corrected chi connectivity index (χ2v) is 16.5. The minimum Gasteiger partial charge on any atom is -0.381 e. The third-order valence-corrected chi connectivity index (χ3v) is 13.5. The number of allylic oxidation sites excluding steroid dienone is 3. The summed E-state index contributed by atoms with van der Waals surface area (Å²) in [6.07, 6.45) is 8.69. The van der Waals surface area contributed by atoms with Gasteiger partial charge in [-0.15, -0.1) is 0 Å². The Morgan fingerprint density at radius 1 is 1.02 bits per heavy atom. The van der Waals surface area contributed by atoms with Crippen molar-refractivity contribution in [1.29, 1.82) is 5.26 Å². The molecule has 5 aliphatic carbocycles. The number of ketones is 2. The average molecular weight is 563 g/mol. The third kappa shape index (κ3) is 3.66. The molecule has 5 rings (SSSR count). The molecular weight excluding hydrogens is 512 g/mol. The summed E-state index contributed by atoms with van der Waals surface area (Å²) >= 11 is 0. The van der Waals surface area contributed by atoms with Crippen LogP contribution in [0.4, 0.5) is 0 Å². The zero-order valence-corrected chi connectivity index (χ0v) is 26.7. The van der Waals surface area contributed by atoms with Crippen LogP contribution in [0.15, 0.2) is 23.3 Å². The van der Waals surface area contributed by atoms with E-state index in [-0.39, 0.29) is 40.3 Å². The number of nitrogens with zero attached hydrogens (tertiary/aromatic N) is 1. The van der Waals surface area contributed by atoms with E-state index in [1.165, 1.54) is 0 Å². The molecule has 6 nitrogen and oxygen atoms in total. The lowest BCUT2D eigenvalue weighted by Crippen LogP contribution is -2.74. The molecular formula is C35H50N2O4. The van der Waals surface area contributed by atoms with Crippen LogP contribution in [0.1, 0.15) is 107 Å². The first-order valence-corrected chi connectivity index (χ1v) is 15.7. The summed E-state index contributed by atoms with van der Waals surface area (Å²) in [7, 11) is 0. The predicted molar refractivity (Wildman–Crippen MR) is 158 cm³/mol. The van der Waals surface area contributed by atoms with Gasteiger partial charge in [-0.25, -0.2) is 0 Å². The van der Waals surface area contributed by atoms with Crippen molar-refractivity contribution in [2.24, 2.45) is 50.2 Å². The zero-order chi connectivity index (χ0) is 30.6. The van der Waals surface area contributed by atoms with E-state index in [0.717, 1.165) is 37.7 Å². The fourth-order valence-corrected chi connectivity index (χ4v) is 10.5. The summed E-state index contributed by atoms with van der Waals surface area (Å²) in [5.41, 5.74) is -4.00. The number of aliphatic hydroxyl groups is 1. The fraction of sp³-hybridized carbons (Fsp3) is 0.771. The van der Waals surface area contributed by atoms with Crippen molar-refractivity contribution in [3.05, 3.63) is 23.3 Å². The molecule has 0 aromatic heterocycles. The minimum absolute atomic E-state index is 0.0196. The van der Waals surface area contributed by atoms with Gasteiger partial charge >= 0.3 is 0 Å². The van der Waals surface area contributed by atoms with E-state index in [9.17, 15) is 24.8 Å². The molecule has 0 saturated heterocycles. The molecule has 8 atom stereocenters. The number of hydrogen-bond acceptors (Lipinski definition) is 5. The quantitative estimate of drug-likeness (QED) is 0.433. The topological polar surface area (TPSA) is 107 Å². The number of carbonyl (C=O) groups is 3. The van der Waals surface area contributed by atoms with Crippen molar-refractivity contribution in [3.8, 4) is 6.07 Å². The number of nitriles is 1. The highest BCUT2D eigenvalue weighted by Crippen LogP contribution is 2.75. The van der Waals surface area contributed by atoms with Gasteiger partial charge in [0.05, 0.1) is 5.57 Å². The molecule has 0 unspecified atom stereocenters. The van der Waals surface area contributed by atoms with Gasteiger partial charge < -0.3 is 10.4 Å². The lowest BCUT2D eigenvalue weighted by Gasteiger charge is -2.71. The molecule has 1 amide bonds. The number of nitrogens with one attached hydrogen (secondary N) is 1. The minimum atomic E-state index is -1.61. The Kier molecular flexibility index (Phi) is 6.54. The Labute approximate surface area is 246 Å². The first kappa shape index (κ1) is 30.2. The fourth-order valence-electron chi connectivity index (χ4n) is 10.5. The Morgan fingerprint density at radius 2 is 1.66 bits per heavy atom. The molecule has 0 aromatic rings. The van der Waals surface area contributed by atoms with Crippen LogP contribution in [0.25, 0.3) is 0 Å². The summed E-state index contributed by atoms with van der Waals surface area (Å²) in [6.45, 7) is 19.3. The van der Waals surface area contributed by atoms with Crippen LogP contribution in [-0.2, 0) is 14.4 Å². The Morgan fingerprint density at radius 3 is 2.27 bits per heavy atom. The Balaban J connectivity index is 1.64. The lowest BCUT2D eigenvalue weighted by atomic mass is 9.33. The van der Waals surface area contributed by atoms with Gasteiger partial charge in [0, 0.05) is 34.1 Å². The summed E-state index contributed by atoms with van der Waals surface area (Å²) in [4.78, 5) is 41.3. The number of Topliss-reactive ketones (excluding diaryl/α,β-unsaturated/α-hetero) is 1. The highest BCUT2D eigenvalue weighted by Gasteiger charge is 2.75. The van der Waals surface area contributed by atoms with Gasteiger partial charge in [0.1, 0.15) is 11.7 Å². The van der Waals surface area contributed by atoms with Crippen LogP contribution in [-0.4, -0.2) is 34.7 Å². The molecule has 6 heteroatoms. The summed E-state index contributed by atoms with van der Waals surface area (Å²) < 4.78 is 0. The number of fused-ring (bicyclic) bond motifs is 7. The number of rotatable bonds is 3. The van der Waals surface area contributed by atoms with Gasteiger partial charge in [0.15, 0.2) is 11.6 Å². The molecule has 3 saturated carbocycles. The molecule has 2 N–H and O–H groups in total. The van der Waals surface area contributed by atoms with E-state index in [2.05, 4.69) is 52.9 Å². The molecule has 224 valence electrons. The van der Waals surface area contributed by atoms with Crippen LogP contribution >= 0.6 is 0 Å². The number of amides is 1. The zero-order valence-electron chi connectivity index (χ0n) is 26.7. The van der Waals surface area contributed by atoms with Crippen LogP contribution in [0, 0.1) is 61.6 Å². The number of hydrogen-bond donors (Lipinski definition) is 2. The van der Waals surface area contributed by atoms with Gasteiger partial charge in [-0.2, -0.15) is 5.26 Å². The smallest absolute Gasteiger partial charge is 0.225 e. The maximum atomic E-state index is 14.6. The van der Waals surface area contributed by atoms with E-state index in [0.29, 0.717) is 25.3 Å². The largest absolute Gasteiger partial charge is 0.381 e. The van der Waals surface area contributed by atoms with Crippen LogP contribution < -0.4 is 5.32 Å². The molecule has 0 aliphatic heterocycles. The Hall–Kier alpha value is -2.26. The molecule has 3 fully saturated rings. The van der Waals surface area contributed by atoms with Crippen LogP contribution in [0.3, 0.4) is 0 Å². The van der Waals surface area contributed by atoms with Gasteiger partial charge in [0.25, 0.3) is 0 Å². The average Bonchev–Trinajstić information content (AvgIpc) is 2.89. The van der Waals surface area contributed by atoms with Gasteiger partial charge in [-0.1, -0.05) is 68.4 Å². The molecule has 0 radical (unpaired) electrons. The monoisotopic (exact) mass is 562 g/mol. The van der Waals surface area contributed by atoms with Crippen LogP contribution in [0.5, 0.6) is 0 Å². The van der Waals surface area contributed by atoms with Crippen molar-refractivity contribution in [3.63, 3.8) is 0 Å². The molecule has 0 heterocycles. The van der Waals surface area contributed by atoms with Gasteiger partial charge in [-0.05, 0) is 79.3 Å². The third-order valence-electron chi connectivity index (χ3n) is 13.5. The van der Waals surface area contributed by atoms with Crippen molar-refractivity contribution < 1.29 is 19.5 Å². The predicted octanol–water partition coefficient (Wildman–Crippen LogP) is 6.09. The van der Waals surface area contributed by atoms with Gasteiger partial charge in [-0.3, -0.25) is 14.4 Å². The first-order valence-electron chi connectivity index (χ1n) is 15.7. The second kappa shape index (κ2) is 8.88. The summed E-state index contributed by atoms with van der Waals surface area (Å²) in [6, 6.07) is 2.15. The highest BCUT2D eigenvalue weighted by atomic mass is 16.3. The van der Waals surface area contributed by atoms with Crippen molar-refractivity contribution in [2.45, 2.75) is 113 Å². The summed E-state index contributed by atoms with van der Waals surface area (Å²) in [5.74, 6) is -0.418. The van der Waals surface area contributed by atoms with Crippen molar-refractivity contribution in [1.82, 2.24) is 5.32 Å². The molecule has 0 spiro atoms. The summed E-state index contributed by atoms with van der Waals surface area (Å²) in [5, 5.41) is 26.0. The second-order valence-electron chi connectivity index (χ2n) is 16.5. The molecule has 0 bridgehead atoms. The van der Waals surface area contributed by atoms with E-state index in [4.69, 9.17) is 0 Å².